The predicted molar refractivity (Wildman–Crippen MR) is 72.1 cm³/mol. The highest BCUT2D eigenvalue weighted by molar-refractivity contribution is 5.83. The van der Waals surface area contributed by atoms with Crippen LogP contribution in [0.15, 0.2) is 42.5 Å². The number of fused-ring (bicyclic) bond motifs is 1. The van der Waals surface area contributed by atoms with Gasteiger partial charge in [-0.25, -0.2) is 0 Å². The summed E-state index contributed by atoms with van der Waals surface area (Å²) in [6, 6.07) is 14.3. The minimum atomic E-state index is -0.819. The van der Waals surface area contributed by atoms with Crippen molar-refractivity contribution in [3.05, 3.63) is 48.0 Å². The highest BCUT2D eigenvalue weighted by atomic mass is 16.3. The van der Waals surface area contributed by atoms with Gasteiger partial charge in [0.15, 0.2) is 0 Å². The van der Waals surface area contributed by atoms with Crippen LogP contribution in [-0.4, -0.2) is 18.2 Å². The van der Waals surface area contributed by atoms with Gasteiger partial charge in [0, 0.05) is 6.54 Å². The van der Waals surface area contributed by atoms with Crippen LogP contribution >= 0.6 is 0 Å². The summed E-state index contributed by atoms with van der Waals surface area (Å²) < 4.78 is 0. The van der Waals surface area contributed by atoms with Crippen molar-refractivity contribution in [2.24, 2.45) is 0 Å². The standard InChI is InChI=1S/C15H19NO/c1-3-16-11-15(2,17)14-9-8-12-6-4-5-7-13(12)10-14/h4-10,16-17H,3,11H2,1-2H3. The number of hydrogen-bond acceptors (Lipinski definition) is 2. The summed E-state index contributed by atoms with van der Waals surface area (Å²) in [5.74, 6) is 0. The number of hydrogen-bond donors (Lipinski definition) is 2. The van der Waals surface area contributed by atoms with Gasteiger partial charge in [-0.2, -0.15) is 0 Å². The lowest BCUT2D eigenvalue weighted by molar-refractivity contribution is 0.0577. The lowest BCUT2D eigenvalue weighted by Crippen LogP contribution is -2.35. The van der Waals surface area contributed by atoms with E-state index in [1.807, 2.05) is 32.0 Å². The maximum absolute atomic E-state index is 10.4. The van der Waals surface area contributed by atoms with Crippen molar-refractivity contribution in [3.8, 4) is 0 Å². The summed E-state index contributed by atoms with van der Waals surface area (Å²) in [6.07, 6.45) is 0. The highest BCUT2D eigenvalue weighted by Crippen LogP contribution is 2.24. The Balaban J connectivity index is 2.35. The number of rotatable bonds is 4. The summed E-state index contributed by atoms with van der Waals surface area (Å²) in [7, 11) is 0. The van der Waals surface area contributed by atoms with Gasteiger partial charge in [-0.15, -0.1) is 0 Å². The van der Waals surface area contributed by atoms with E-state index < -0.39 is 5.60 Å². The first kappa shape index (κ1) is 12.1. The van der Waals surface area contributed by atoms with E-state index in [9.17, 15) is 5.11 Å². The maximum Gasteiger partial charge on any atom is 0.0992 e. The van der Waals surface area contributed by atoms with Crippen LogP contribution in [0.25, 0.3) is 10.8 Å². The Bertz CT molecular complexity index is 505. The molecule has 0 aromatic heterocycles. The van der Waals surface area contributed by atoms with E-state index in [-0.39, 0.29) is 0 Å². The van der Waals surface area contributed by atoms with E-state index in [1.165, 1.54) is 10.8 Å². The first-order chi connectivity index (χ1) is 8.13. The van der Waals surface area contributed by atoms with Crippen molar-refractivity contribution in [1.29, 1.82) is 0 Å². The lowest BCUT2D eigenvalue weighted by Gasteiger charge is -2.24. The number of benzene rings is 2. The van der Waals surface area contributed by atoms with Crippen molar-refractivity contribution < 1.29 is 5.11 Å². The molecule has 0 spiro atoms. The van der Waals surface area contributed by atoms with Gasteiger partial charge in [0.05, 0.1) is 5.60 Å². The van der Waals surface area contributed by atoms with Gasteiger partial charge in [-0.3, -0.25) is 0 Å². The van der Waals surface area contributed by atoms with E-state index >= 15 is 0 Å². The van der Waals surface area contributed by atoms with E-state index in [2.05, 4.69) is 29.6 Å². The van der Waals surface area contributed by atoms with Crippen molar-refractivity contribution in [2.75, 3.05) is 13.1 Å². The Morgan fingerprint density at radius 3 is 2.53 bits per heavy atom. The molecule has 2 nitrogen and oxygen atoms in total. The van der Waals surface area contributed by atoms with Gasteiger partial charge in [-0.05, 0) is 35.9 Å². The summed E-state index contributed by atoms with van der Waals surface area (Å²) >= 11 is 0. The van der Waals surface area contributed by atoms with Crippen molar-refractivity contribution in [3.63, 3.8) is 0 Å². The van der Waals surface area contributed by atoms with Gasteiger partial charge in [0.2, 0.25) is 0 Å². The Hall–Kier alpha value is -1.38. The normalized spacial score (nSPS) is 14.8. The number of nitrogens with one attached hydrogen (secondary N) is 1. The molecule has 2 aromatic carbocycles. The third kappa shape index (κ3) is 2.65. The van der Waals surface area contributed by atoms with Crippen LogP contribution in [-0.2, 0) is 5.60 Å². The zero-order valence-electron chi connectivity index (χ0n) is 10.4. The second kappa shape index (κ2) is 4.86. The molecule has 0 radical (unpaired) electrons. The summed E-state index contributed by atoms with van der Waals surface area (Å²) in [5, 5.41) is 16.0. The minimum Gasteiger partial charge on any atom is -0.384 e. The summed E-state index contributed by atoms with van der Waals surface area (Å²) in [5.41, 5.74) is 0.136. The molecule has 0 saturated carbocycles. The molecule has 1 unspecified atom stereocenters. The molecule has 0 aliphatic carbocycles. The lowest BCUT2D eigenvalue weighted by atomic mass is 9.93. The fraction of sp³-hybridized carbons (Fsp3) is 0.333. The van der Waals surface area contributed by atoms with Gasteiger partial charge >= 0.3 is 0 Å². The fourth-order valence-electron chi connectivity index (χ4n) is 1.99. The molecular formula is C15H19NO. The van der Waals surface area contributed by atoms with Crippen molar-refractivity contribution in [1.82, 2.24) is 5.32 Å². The maximum atomic E-state index is 10.4. The topological polar surface area (TPSA) is 32.3 Å². The SMILES string of the molecule is CCNCC(C)(O)c1ccc2ccccc2c1. The first-order valence-electron chi connectivity index (χ1n) is 6.06. The van der Waals surface area contributed by atoms with Crippen LogP contribution in [0.4, 0.5) is 0 Å². The molecule has 0 aliphatic heterocycles. The van der Waals surface area contributed by atoms with Crippen LogP contribution in [0.5, 0.6) is 0 Å². The van der Waals surface area contributed by atoms with Crippen molar-refractivity contribution >= 4 is 10.8 Å². The Kier molecular flexibility index (Phi) is 3.46. The van der Waals surface area contributed by atoms with Crippen molar-refractivity contribution in [2.45, 2.75) is 19.4 Å². The van der Waals surface area contributed by atoms with E-state index in [4.69, 9.17) is 0 Å². The van der Waals surface area contributed by atoms with Gasteiger partial charge in [0.25, 0.3) is 0 Å². The fourth-order valence-corrected chi connectivity index (χ4v) is 1.99. The number of likely N-dealkylation sites (N-methyl/N-ethyl adjacent to an activating group) is 1. The molecule has 1 atom stereocenters. The number of aliphatic hydroxyl groups is 1. The Labute approximate surface area is 102 Å². The Morgan fingerprint density at radius 1 is 1.12 bits per heavy atom. The molecule has 0 saturated heterocycles. The molecule has 2 N–H and O–H groups in total. The van der Waals surface area contributed by atoms with Gasteiger partial charge in [0.1, 0.15) is 0 Å². The molecule has 2 heteroatoms. The molecule has 90 valence electrons. The van der Waals surface area contributed by atoms with Crippen LogP contribution in [0.3, 0.4) is 0 Å². The quantitative estimate of drug-likeness (QED) is 0.844. The van der Waals surface area contributed by atoms with E-state index in [0.29, 0.717) is 6.54 Å². The molecule has 0 bridgehead atoms. The summed E-state index contributed by atoms with van der Waals surface area (Å²) in [4.78, 5) is 0. The van der Waals surface area contributed by atoms with Crippen LogP contribution in [0.1, 0.15) is 19.4 Å². The minimum absolute atomic E-state index is 0.571. The van der Waals surface area contributed by atoms with Crippen LogP contribution < -0.4 is 5.32 Å². The monoisotopic (exact) mass is 229 g/mol. The third-order valence-electron chi connectivity index (χ3n) is 3.09. The van der Waals surface area contributed by atoms with Gasteiger partial charge < -0.3 is 10.4 Å². The van der Waals surface area contributed by atoms with Crippen LogP contribution in [0, 0.1) is 0 Å². The third-order valence-corrected chi connectivity index (χ3v) is 3.09. The zero-order valence-corrected chi connectivity index (χ0v) is 10.4. The molecule has 2 rings (SSSR count). The largest absolute Gasteiger partial charge is 0.384 e. The second-order valence-electron chi connectivity index (χ2n) is 4.62. The predicted octanol–water partition coefficient (Wildman–Crippen LogP) is 2.66. The zero-order chi connectivity index (χ0) is 12.3. The smallest absolute Gasteiger partial charge is 0.0992 e. The molecule has 0 aliphatic rings. The highest BCUT2D eigenvalue weighted by Gasteiger charge is 2.22. The average Bonchev–Trinajstić information content (AvgIpc) is 2.36. The molecule has 0 amide bonds. The molecule has 0 fully saturated rings. The summed E-state index contributed by atoms with van der Waals surface area (Å²) in [6.45, 7) is 5.32. The average molecular weight is 229 g/mol. The van der Waals surface area contributed by atoms with Gasteiger partial charge in [-0.1, -0.05) is 43.3 Å². The van der Waals surface area contributed by atoms with E-state index in [0.717, 1.165) is 12.1 Å². The molecule has 17 heavy (non-hydrogen) atoms. The molecule has 0 heterocycles. The van der Waals surface area contributed by atoms with Crippen LogP contribution in [0.2, 0.25) is 0 Å². The molecule has 2 aromatic rings. The second-order valence-corrected chi connectivity index (χ2v) is 4.62. The molecular weight excluding hydrogens is 210 g/mol. The van der Waals surface area contributed by atoms with E-state index in [1.54, 1.807) is 0 Å². The first-order valence-corrected chi connectivity index (χ1v) is 6.06. The Morgan fingerprint density at radius 2 is 1.82 bits per heavy atom.